The summed E-state index contributed by atoms with van der Waals surface area (Å²) < 4.78 is 5.28. The average molecular weight is 241 g/mol. The van der Waals surface area contributed by atoms with Gasteiger partial charge in [0.2, 0.25) is 5.91 Å². The summed E-state index contributed by atoms with van der Waals surface area (Å²) in [7, 11) is 0. The van der Waals surface area contributed by atoms with Crippen molar-refractivity contribution in [2.45, 2.75) is 32.2 Å². The molecule has 1 N–H and O–H groups in total. The second-order valence-corrected chi connectivity index (χ2v) is 4.76. The van der Waals surface area contributed by atoms with Gasteiger partial charge in [0.25, 0.3) is 5.91 Å². The van der Waals surface area contributed by atoms with Gasteiger partial charge in [-0.15, -0.1) is 0 Å². The van der Waals surface area contributed by atoms with E-state index in [1.807, 2.05) is 0 Å². The molecular formula is C12H21N2O3+. The largest absolute Gasteiger partial charge is 0.370 e. The van der Waals surface area contributed by atoms with E-state index in [-0.39, 0.29) is 17.9 Å². The molecule has 2 fully saturated rings. The van der Waals surface area contributed by atoms with E-state index >= 15 is 0 Å². The Kier molecular flexibility index (Phi) is 4.12. The smallest absolute Gasteiger partial charge is 0.288 e. The second kappa shape index (κ2) is 5.60. The van der Waals surface area contributed by atoms with E-state index in [2.05, 4.69) is 6.92 Å². The summed E-state index contributed by atoms with van der Waals surface area (Å²) in [6.07, 6.45) is 2.30. The summed E-state index contributed by atoms with van der Waals surface area (Å²) in [4.78, 5) is 26.6. The number of unbranched alkanes of at least 4 members (excludes halogenated alkanes) is 1. The minimum absolute atomic E-state index is 0.00689. The average Bonchev–Trinajstić information content (AvgIpc) is 2.64. The van der Waals surface area contributed by atoms with E-state index in [0.717, 1.165) is 25.9 Å². The van der Waals surface area contributed by atoms with Gasteiger partial charge in [-0.1, -0.05) is 13.3 Å². The van der Waals surface area contributed by atoms with E-state index in [0.29, 0.717) is 26.2 Å². The van der Waals surface area contributed by atoms with Crippen LogP contribution in [0.25, 0.3) is 0 Å². The molecule has 0 saturated carbocycles. The number of rotatable bonds is 4. The quantitative estimate of drug-likeness (QED) is 0.631. The number of carbonyl (C=O) groups is 2. The highest BCUT2D eigenvalue weighted by atomic mass is 16.5. The van der Waals surface area contributed by atoms with E-state index in [1.54, 1.807) is 0 Å². The number of likely N-dealkylation sites (tertiary alicyclic amines) is 1. The second-order valence-electron chi connectivity index (χ2n) is 4.76. The molecule has 1 atom stereocenters. The van der Waals surface area contributed by atoms with E-state index in [4.69, 9.17) is 4.74 Å². The number of hydrogen-bond donors (Lipinski definition) is 1. The van der Waals surface area contributed by atoms with Crippen LogP contribution in [-0.4, -0.2) is 55.6 Å². The summed E-state index contributed by atoms with van der Waals surface area (Å²) in [6, 6.07) is -0.150. The summed E-state index contributed by atoms with van der Waals surface area (Å²) in [5, 5.41) is 0. The first-order chi connectivity index (χ1) is 8.24. The molecular weight excluding hydrogens is 220 g/mol. The van der Waals surface area contributed by atoms with Crippen molar-refractivity contribution in [2.75, 3.05) is 32.8 Å². The van der Waals surface area contributed by atoms with Gasteiger partial charge in [0, 0.05) is 6.54 Å². The van der Waals surface area contributed by atoms with Crippen LogP contribution >= 0.6 is 0 Å². The van der Waals surface area contributed by atoms with Crippen LogP contribution in [0.3, 0.4) is 0 Å². The Morgan fingerprint density at radius 2 is 2.06 bits per heavy atom. The number of morpholine rings is 1. The lowest BCUT2D eigenvalue weighted by Gasteiger charge is -2.27. The lowest BCUT2D eigenvalue weighted by molar-refractivity contribution is -0.922. The predicted octanol–water partition coefficient (Wildman–Crippen LogP) is -1.17. The molecule has 0 aromatic heterocycles. The molecule has 2 rings (SSSR count). The highest BCUT2D eigenvalue weighted by Gasteiger charge is 2.44. The molecule has 2 heterocycles. The van der Waals surface area contributed by atoms with Gasteiger partial charge in [-0.3, -0.25) is 14.5 Å². The fourth-order valence-electron chi connectivity index (χ4n) is 2.54. The van der Waals surface area contributed by atoms with Crippen molar-refractivity contribution < 1.29 is 19.2 Å². The Balaban J connectivity index is 1.96. The SMILES string of the molecule is CCCCN1C(=O)C[C@H]([NH+]2CCOCC2)C1=O. The van der Waals surface area contributed by atoms with Crippen LogP contribution in [-0.2, 0) is 14.3 Å². The maximum absolute atomic E-state index is 12.2. The van der Waals surface area contributed by atoms with Gasteiger partial charge < -0.3 is 9.64 Å². The zero-order chi connectivity index (χ0) is 12.3. The van der Waals surface area contributed by atoms with Crippen molar-refractivity contribution in [3.63, 3.8) is 0 Å². The molecule has 96 valence electrons. The molecule has 0 radical (unpaired) electrons. The van der Waals surface area contributed by atoms with Crippen molar-refractivity contribution in [1.82, 2.24) is 4.90 Å². The van der Waals surface area contributed by atoms with Crippen LogP contribution in [0, 0.1) is 0 Å². The summed E-state index contributed by atoms with van der Waals surface area (Å²) in [6.45, 7) is 5.73. The number of quaternary nitrogens is 1. The van der Waals surface area contributed by atoms with Gasteiger partial charge in [0.15, 0.2) is 6.04 Å². The minimum Gasteiger partial charge on any atom is -0.370 e. The first-order valence-corrected chi connectivity index (χ1v) is 6.50. The van der Waals surface area contributed by atoms with Gasteiger partial charge in [0.05, 0.1) is 19.6 Å². The molecule has 5 nitrogen and oxygen atoms in total. The molecule has 17 heavy (non-hydrogen) atoms. The van der Waals surface area contributed by atoms with Gasteiger partial charge in [-0.25, -0.2) is 0 Å². The number of nitrogens with zero attached hydrogens (tertiary/aromatic N) is 1. The van der Waals surface area contributed by atoms with Crippen molar-refractivity contribution >= 4 is 11.8 Å². The number of carbonyl (C=O) groups excluding carboxylic acids is 2. The molecule has 0 aliphatic carbocycles. The van der Waals surface area contributed by atoms with Crippen LogP contribution in [0.4, 0.5) is 0 Å². The number of ether oxygens (including phenoxy) is 1. The Morgan fingerprint density at radius 3 is 2.71 bits per heavy atom. The zero-order valence-corrected chi connectivity index (χ0v) is 10.4. The van der Waals surface area contributed by atoms with Crippen molar-refractivity contribution in [1.29, 1.82) is 0 Å². The van der Waals surface area contributed by atoms with E-state index < -0.39 is 0 Å². The zero-order valence-electron chi connectivity index (χ0n) is 10.4. The first kappa shape index (κ1) is 12.5. The third kappa shape index (κ3) is 2.66. The molecule has 5 heteroatoms. The van der Waals surface area contributed by atoms with Gasteiger partial charge >= 0.3 is 0 Å². The standard InChI is InChI=1S/C12H20N2O3/c1-2-3-4-14-11(15)9-10(12(14)16)13-5-7-17-8-6-13/h10H,2-9H2,1H3/p+1/t10-/m0/s1. The number of hydrogen-bond acceptors (Lipinski definition) is 3. The number of imide groups is 1. The third-order valence-corrected chi connectivity index (χ3v) is 3.61. The van der Waals surface area contributed by atoms with Crippen LogP contribution in [0.2, 0.25) is 0 Å². The van der Waals surface area contributed by atoms with Crippen LogP contribution in [0.1, 0.15) is 26.2 Å². The Morgan fingerprint density at radius 1 is 1.35 bits per heavy atom. The molecule has 2 amide bonds. The summed E-state index contributed by atoms with van der Waals surface area (Å²) in [5.41, 5.74) is 0. The molecule has 2 aliphatic rings. The predicted molar refractivity (Wildman–Crippen MR) is 61.5 cm³/mol. The lowest BCUT2D eigenvalue weighted by atomic mass is 10.2. The monoisotopic (exact) mass is 241 g/mol. The topological polar surface area (TPSA) is 51.1 Å². The fraction of sp³-hybridized carbons (Fsp3) is 0.833. The van der Waals surface area contributed by atoms with Crippen molar-refractivity contribution in [3.8, 4) is 0 Å². The van der Waals surface area contributed by atoms with Crippen molar-refractivity contribution in [3.05, 3.63) is 0 Å². The van der Waals surface area contributed by atoms with Gasteiger partial charge in [-0.05, 0) is 6.42 Å². The van der Waals surface area contributed by atoms with Gasteiger partial charge in [-0.2, -0.15) is 0 Å². The maximum atomic E-state index is 12.2. The summed E-state index contributed by atoms with van der Waals surface area (Å²) in [5.74, 6) is 0.0350. The molecule has 0 unspecified atom stereocenters. The third-order valence-electron chi connectivity index (χ3n) is 3.61. The van der Waals surface area contributed by atoms with Gasteiger partial charge in [0.1, 0.15) is 13.1 Å². The van der Waals surface area contributed by atoms with Crippen molar-refractivity contribution in [2.24, 2.45) is 0 Å². The highest BCUT2D eigenvalue weighted by molar-refractivity contribution is 6.04. The Labute approximate surface area is 102 Å². The molecule has 0 aromatic rings. The molecule has 2 aliphatic heterocycles. The molecule has 2 saturated heterocycles. The molecule has 0 aromatic carbocycles. The normalized spacial score (nSPS) is 26.9. The molecule has 0 spiro atoms. The van der Waals surface area contributed by atoms with Crippen LogP contribution in [0.15, 0.2) is 0 Å². The summed E-state index contributed by atoms with van der Waals surface area (Å²) >= 11 is 0. The lowest BCUT2D eigenvalue weighted by Crippen LogP contribution is -3.18. The maximum Gasteiger partial charge on any atom is 0.288 e. The van der Waals surface area contributed by atoms with E-state index in [1.165, 1.54) is 9.80 Å². The first-order valence-electron chi connectivity index (χ1n) is 6.50. The Bertz CT molecular complexity index is 300. The van der Waals surface area contributed by atoms with E-state index in [9.17, 15) is 9.59 Å². The fourth-order valence-corrected chi connectivity index (χ4v) is 2.54. The number of nitrogens with one attached hydrogen (secondary N) is 1. The minimum atomic E-state index is -0.150. The van der Waals surface area contributed by atoms with Crippen LogP contribution in [0.5, 0.6) is 0 Å². The highest BCUT2D eigenvalue weighted by Crippen LogP contribution is 2.12. The molecule has 0 bridgehead atoms. The Hall–Kier alpha value is -0.940. The number of amides is 2. The van der Waals surface area contributed by atoms with Crippen LogP contribution < -0.4 is 4.90 Å².